The van der Waals surface area contributed by atoms with Gasteiger partial charge >= 0.3 is 0 Å². The van der Waals surface area contributed by atoms with Crippen molar-refractivity contribution in [3.05, 3.63) is 65.1 Å². The SMILES string of the molecule is COC(C)C1C(=O)Nc2c(cc(NCc3cnn(Cc4ccc(F)c(F)c4)c3)nc2C)N1C. The van der Waals surface area contributed by atoms with Gasteiger partial charge in [0.2, 0.25) is 5.91 Å². The van der Waals surface area contributed by atoms with Crippen LogP contribution in [-0.2, 0) is 22.6 Å². The van der Waals surface area contributed by atoms with Crippen LogP contribution in [0.15, 0.2) is 36.7 Å². The molecule has 2 N–H and O–H groups in total. The number of pyridine rings is 1. The fourth-order valence-corrected chi connectivity index (χ4v) is 3.96. The molecule has 2 atom stereocenters. The predicted molar refractivity (Wildman–Crippen MR) is 121 cm³/mol. The zero-order chi connectivity index (χ0) is 23.7. The highest BCUT2D eigenvalue weighted by atomic mass is 19.2. The number of carbonyl (C=O) groups excluding carboxylic acids is 1. The number of ether oxygens (including phenoxy) is 1. The van der Waals surface area contributed by atoms with E-state index in [2.05, 4.69) is 20.7 Å². The van der Waals surface area contributed by atoms with Gasteiger partial charge in [0.05, 0.1) is 35.9 Å². The van der Waals surface area contributed by atoms with Crippen LogP contribution >= 0.6 is 0 Å². The lowest BCUT2D eigenvalue weighted by Crippen LogP contribution is -2.52. The van der Waals surface area contributed by atoms with Crippen LogP contribution in [-0.4, -0.2) is 47.0 Å². The second kappa shape index (κ2) is 9.14. The average Bonchev–Trinajstić information content (AvgIpc) is 3.23. The molecule has 0 fully saturated rings. The Hall–Kier alpha value is -3.53. The van der Waals surface area contributed by atoms with Gasteiger partial charge in [-0.3, -0.25) is 9.48 Å². The highest BCUT2D eigenvalue weighted by molar-refractivity contribution is 6.04. The third-order valence-corrected chi connectivity index (χ3v) is 5.80. The Morgan fingerprint density at radius 1 is 1.24 bits per heavy atom. The Balaban J connectivity index is 1.46. The van der Waals surface area contributed by atoms with E-state index in [-0.39, 0.29) is 12.0 Å². The zero-order valence-corrected chi connectivity index (χ0v) is 18.9. The molecule has 2 unspecified atom stereocenters. The van der Waals surface area contributed by atoms with E-state index in [1.165, 1.54) is 12.1 Å². The first-order valence-corrected chi connectivity index (χ1v) is 10.5. The first-order valence-electron chi connectivity index (χ1n) is 10.5. The Bertz CT molecular complexity index is 1180. The summed E-state index contributed by atoms with van der Waals surface area (Å²) < 4.78 is 33.6. The van der Waals surface area contributed by atoms with Gasteiger partial charge in [0.25, 0.3) is 0 Å². The minimum absolute atomic E-state index is 0.126. The van der Waals surface area contributed by atoms with Crippen molar-refractivity contribution in [2.45, 2.75) is 39.1 Å². The molecule has 10 heteroatoms. The maximum atomic E-state index is 13.4. The number of amides is 1. The van der Waals surface area contributed by atoms with Crippen molar-refractivity contribution in [2.75, 3.05) is 29.7 Å². The molecule has 0 saturated carbocycles. The Morgan fingerprint density at radius 2 is 2.03 bits per heavy atom. The molecular weight excluding hydrogens is 430 g/mol. The van der Waals surface area contributed by atoms with E-state index in [9.17, 15) is 13.6 Å². The van der Waals surface area contributed by atoms with Crippen LogP contribution in [0.4, 0.5) is 26.0 Å². The molecule has 174 valence electrons. The van der Waals surface area contributed by atoms with Crippen molar-refractivity contribution < 1.29 is 18.3 Å². The standard InChI is InChI=1S/C23H26F2N6O2/c1-13-21-19(30(3)22(14(2)33-4)23(32)29-21)8-20(28-13)26-9-16-10-27-31(12-16)11-15-5-6-17(24)18(25)7-15/h5-8,10,12,14,22H,9,11H2,1-4H3,(H,26,28)(H,29,32). The van der Waals surface area contributed by atoms with Crippen molar-refractivity contribution in [3.63, 3.8) is 0 Å². The molecule has 0 spiro atoms. The Morgan fingerprint density at radius 3 is 2.76 bits per heavy atom. The summed E-state index contributed by atoms with van der Waals surface area (Å²) in [6.07, 6.45) is 3.26. The molecule has 1 amide bonds. The number of halogens is 2. The lowest BCUT2D eigenvalue weighted by molar-refractivity contribution is -0.120. The smallest absolute Gasteiger partial charge is 0.249 e. The van der Waals surface area contributed by atoms with E-state index < -0.39 is 17.7 Å². The van der Waals surface area contributed by atoms with Crippen LogP contribution in [0.3, 0.4) is 0 Å². The molecule has 1 aliphatic heterocycles. The summed E-state index contributed by atoms with van der Waals surface area (Å²) in [5.41, 5.74) is 3.77. The first-order chi connectivity index (χ1) is 15.8. The number of anilines is 3. The number of methoxy groups -OCH3 is 1. The van der Waals surface area contributed by atoms with Crippen molar-refractivity contribution in [1.29, 1.82) is 0 Å². The fraction of sp³-hybridized carbons (Fsp3) is 0.348. The van der Waals surface area contributed by atoms with Crippen LogP contribution < -0.4 is 15.5 Å². The molecule has 0 radical (unpaired) electrons. The average molecular weight is 456 g/mol. The third kappa shape index (κ3) is 4.65. The van der Waals surface area contributed by atoms with E-state index in [0.717, 1.165) is 17.3 Å². The van der Waals surface area contributed by atoms with E-state index in [1.54, 1.807) is 18.0 Å². The van der Waals surface area contributed by atoms with Gasteiger partial charge in [0.1, 0.15) is 11.9 Å². The predicted octanol–water partition coefficient (Wildman–Crippen LogP) is 3.32. The number of nitrogens with zero attached hydrogens (tertiary/aromatic N) is 4. The maximum Gasteiger partial charge on any atom is 0.249 e. The minimum Gasteiger partial charge on any atom is -0.379 e. The Kier molecular flexibility index (Phi) is 6.28. The van der Waals surface area contributed by atoms with Gasteiger partial charge in [-0.25, -0.2) is 13.8 Å². The summed E-state index contributed by atoms with van der Waals surface area (Å²) in [6, 6.07) is 5.25. The van der Waals surface area contributed by atoms with E-state index in [4.69, 9.17) is 4.74 Å². The van der Waals surface area contributed by atoms with Gasteiger partial charge < -0.3 is 20.3 Å². The van der Waals surface area contributed by atoms with Crippen LogP contribution in [0.25, 0.3) is 0 Å². The number of hydrogen-bond donors (Lipinski definition) is 2. The molecule has 3 aromatic rings. The summed E-state index contributed by atoms with van der Waals surface area (Å²) >= 11 is 0. The molecular formula is C23H26F2N6O2. The van der Waals surface area contributed by atoms with Gasteiger partial charge in [-0.1, -0.05) is 6.07 Å². The number of nitrogens with one attached hydrogen (secondary N) is 2. The molecule has 0 aliphatic carbocycles. The van der Waals surface area contributed by atoms with Crippen molar-refractivity contribution in [2.24, 2.45) is 0 Å². The summed E-state index contributed by atoms with van der Waals surface area (Å²) in [6.45, 7) is 4.50. The molecule has 3 heterocycles. The molecule has 1 aliphatic rings. The molecule has 8 nitrogen and oxygen atoms in total. The van der Waals surface area contributed by atoms with Crippen molar-refractivity contribution >= 4 is 23.1 Å². The van der Waals surface area contributed by atoms with Crippen molar-refractivity contribution in [3.8, 4) is 0 Å². The fourth-order valence-electron chi connectivity index (χ4n) is 3.96. The number of fused-ring (bicyclic) bond motifs is 1. The molecule has 0 saturated heterocycles. The van der Waals surface area contributed by atoms with Gasteiger partial charge in [-0.15, -0.1) is 0 Å². The Labute approximate surface area is 190 Å². The molecule has 2 aromatic heterocycles. The van der Waals surface area contributed by atoms with Gasteiger partial charge in [-0.05, 0) is 31.5 Å². The summed E-state index contributed by atoms with van der Waals surface area (Å²) in [5.74, 6) is -1.21. The maximum absolute atomic E-state index is 13.4. The molecule has 4 rings (SSSR count). The highest BCUT2D eigenvalue weighted by Gasteiger charge is 2.36. The second-order valence-corrected chi connectivity index (χ2v) is 8.12. The summed E-state index contributed by atoms with van der Waals surface area (Å²) in [4.78, 5) is 19.0. The topological polar surface area (TPSA) is 84.3 Å². The second-order valence-electron chi connectivity index (χ2n) is 8.12. The number of benzene rings is 1. The third-order valence-electron chi connectivity index (χ3n) is 5.80. The lowest BCUT2D eigenvalue weighted by atomic mass is 10.0. The molecule has 33 heavy (non-hydrogen) atoms. The van der Waals surface area contributed by atoms with Gasteiger partial charge in [-0.2, -0.15) is 5.10 Å². The normalized spacial score (nSPS) is 16.4. The monoisotopic (exact) mass is 456 g/mol. The summed E-state index contributed by atoms with van der Waals surface area (Å²) in [5, 5.41) is 10.5. The number of rotatable bonds is 7. The molecule has 0 bridgehead atoms. The van der Waals surface area contributed by atoms with E-state index in [1.807, 2.05) is 38.1 Å². The highest BCUT2D eigenvalue weighted by Crippen LogP contribution is 2.36. The lowest BCUT2D eigenvalue weighted by Gasteiger charge is -2.38. The number of carbonyl (C=O) groups is 1. The number of likely N-dealkylation sites (N-methyl/N-ethyl adjacent to an activating group) is 1. The largest absolute Gasteiger partial charge is 0.379 e. The summed E-state index contributed by atoms with van der Waals surface area (Å²) in [7, 11) is 3.45. The minimum atomic E-state index is -0.876. The van der Waals surface area contributed by atoms with Crippen LogP contribution in [0.1, 0.15) is 23.7 Å². The quantitative estimate of drug-likeness (QED) is 0.568. The molecule has 1 aromatic carbocycles. The van der Waals surface area contributed by atoms with E-state index in [0.29, 0.717) is 35.9 Å². The van der Waals surface area contributed by atoms with Gasteiger partial charge in [0.15, 0.2) is 11.6 Å². The van der Waals surface area contributed by atoms with Crippen LogP contribution in [0.2, 0.25) is 0 Å². The number of hydrogen-bond acceptors (Lipinski definition) is 6. The van der Waals surface area contributed by atoms with Crippen LogP contribution in [0, 0.1) is 18.6 Å². The first kappa shape index (κ1) is 22.7. The van der Waals surface area contributed by atoms with Gasteiger partial charge in [0, 0.05) is 38.5 Å². The zero-order valence-electron chi connectivity index (χ0n) is 18.9. The van der Waals surface area contributed by atoms with Crippen molar-refractivity contribution in [1.82, 2.24) is 14.8 Å². The number of aromatic nitrogens is 3. The number of aryl methyl sites for hydroxylation is 1. The van der Waals surface area contributed by atoms with Crippen LogP contribution in [0.5, 0.6) is 0 Å². The van der Waals surface area contributed by atoms with E-state index >= 15 is 0 Å².